The third-order valence-electron chi connectivity index (χ3n) is 4.80. The molecule has 146 valence electrons. The van der Waals surface area contributed by atoms with Crippen LogP contribution in [-0.4, -0.2) is 30.4 Å². The zero-order valence-corrected chi connectivity index (χ0v) is 15.9. The molecule has 3 rings (SSSR count). The van der Waals surface area contributed by atoms with Crippen molar-refractivity contribution in [3.8, 4) is 5.75 Å². The van der Waals surface area contributed by atoms with Gasteiger partial charge in [-0.2, -0.15) is 0 Å². The number of amides is 2. The van der Waals surface area contributed by atoms with E-state index in [2.05, 4.69) is 5.32 Å². The number of rotatable bonds is 5. The Balaban J connectivity index is 1.78. The van der Waals surface area contributed by atoms with Crippen LogP contribution in [0.3, 0.4) is 0 Å². The zero-order valence-electron chi connectivity index (χ0n) is 15.9. The first-order valence-corrected chi connectivity index (χ1v) is 8.81. The van der Waals surface area contributed by atoms with Crippen molar-refractivity contribution in [3.63, 3.8) is 0 Å². The largest absolute Gasteiger partial charge is 0.494 e. The maximum absolute atomic E-state index is 12.7. The van der Waals surface area contributed by atoms with E-state index in [0.717, 1.165) is 16.8 Å². The molecule has 1 heterocycles. The molecule has 1 saturated heterocycles. The molecule has 1 N–H and O–H groups in total. The average molecular weight is 383 g/mol. The van der Waals surface area contributed by atoms with E-state index in [0.29, 0.717) is 5.69 Å². The summed E-state index contributed by atoms with van der Waals surface area (Å²) in [4.78, 5) is 37.0. The minimum atomic E-state index is -0.530. The maximum atomic E-state index is 12.7. The molecule has 8 heteroatoms. The van der Waals surface area contributed by atoms with Crippen LogP contribution >= 0.6 is 0 Å². The molecule has 0 aliphatic carbocycles. The van der Waals surface area contributed by atoms with Crippen molar-refractivity contribution in [1.29, 1.82) is 0 Å². The highest BCUT2D eigenvalue weighted by atomic mass is 16.6. The van der Waals surface area contributed by atoms with Gasteiger partial charge in [0.15, 0.2) is 0 Å². The Morgan fingerprint density at radius 2 is 2.00 bits per heavy atom. The number of benzene rings is 2. The Morgan fingerprint density at radius 1 is 1.25 bits per heavy atom. The van der Waals surface area contributed by atoms with Crippen molar-refractivity contribution >= 4 is 28.9 Å². The van der Waals surface area contributed by atoms with Crippen molar-refractivity contribution in [2.24, 2.45) is 5.92 Å². The standard InChI is InChI=1S/C20H21N3O5/c1-12-4-6-16(13(2)8-12)21-20(25)14-9-19(24)22(11-14)17-7-5-15(23(26)27)10-18(17)28-3/h4-8,10,14H,9,11H2,1-3H3,(H,21,25)/t14-/m0/s1. The molecule has 1 fully saturated rings. The van der Waals surface area contributed by atoms with Crippen LogP contribution in [0, 0.1) is 29.9 Å². The van der Waals surface area contributed by atoms with Gasteiger partial charge < -0.3 is 15.0 Å². The number of nitro benzene ring substituents is 1. The van der Waals surface area contributed by atoms with Crippen molar-refractivity contribution in [2.45, 2.75) is 20.3 Å². The lowest BCUT2D eigenvalue weighted by Crippen LogP contribution is -2.28. The number of carbonyl (C=O) groups is 2. The van der Waals surface area contributed by atoms with Gasteiger partial charge in [0.25, 0.3) is 5.69 Å². The summed E-state index contributed by atoms with van der Waals surface area (Å²) in [6.45, 7) is 4.07. The SMILES string of the molecule is COc1cc([N+](=O)[O-])ccc1N1C[C@@H](C(=O)Nc2ccc(C)cc2C)CC1=O. The van der Waals surface area contributed by atoms with Crippen LogP contribution in [0.25, 0.3) is 0 Å². The third kappa shape index (κ3) is 3.80. The Kier molecular flexibility index (Phi) is 5.30. The molecule has 0 aromatic heterocycles. The summed E-state index contributed by atoms with van der Waals surface area (Å²) < 4.78 is 5.22. The molecular formula is C20H21N3O5. The van der Waals surface area contributed by atoms with Crippen molar-refractivity contribution in [2.75, 3.05) is 23.9 Å². The number of nitrogens with one attached hydrogen (secondary N) is 1. The lowest BCUT2D eigenvalue weighted by atomic mass is 10.1. The van der Waals surface area contributed by atoms with Crippen molar-refractivity contribution < 1.29 is 19.2 Å². The molecule has 0 saturated carbocycles. The minimum absolute atomic E-state index is 0.0664. The van der Waals surface area contributed by atoms with Gasteiger partial charge in [0.2, 0.25) is 11.8 Å². The van der Waals surface area contributed by atoms with Crippen LogP contribution in [0.15, 0.2) is 36.4 Å². The van der Waals surface area contributed by atoms with E-state index >= 15 is 0 Å². The number of nitrogens with zero attached hydrogens (tertiary/aromatic N) is 2. The number of non-ortho nitro benzene ring substituents is 1. The number of aryl methyl sites for hydroxylation is 2. The highest BCUT2D eigenvalue weighted by Crippen LogP contribution is 2.36. The van der Waals surface area contributed by atoms with Gasteiger partial charge in [-0.3, -0.25) is 19.7 Å². The number of nitro groups is 1. The fourth-order valence-corrected chi connectivity index (χ4v) is 3.31. The molecule has 1 atom stereocenters. The summed E-state index contributed by atoms with van der Waals surface area (Å²) in [6, 6.07) is 9.79. The van der Waals surface area contributed by atoms with E-state index in [4.69, 9.17) is 4.74 Å². The second kappa shape index (κ2) is 7.67. The Hall–Kier alpha value is -3.42. The molecule has 0 spiro atoms. The fourth-order valence-electron chi connectivity index (χ4n) is 3.31. The summed E-state index contributed by atoms with van der Waals surface area (Å²) in [5.41, 5.74) is 3.06. The zero-order chi connectivity index (χ0) is 20.4. The number of ether oxygens (including phenoxy) is 1. The predicted molar refractivity (Wildman–Crippen MR) is 105 cm³/mol. The minimum Gasteiger partial charge on any atom is -0.494 e. The van der Waals surface area contributed by atoms with E-state index in [1.54, 1.807) is 0 Å². The molecule has 0 radical (unpaired) electrons. The van der Waals surface area contributed by atoms with E-state index in [-0.39, 0.29) is 36.2 Å². The maximum Gasteiger partial charge on any atom is 0.273 e. The average Bonchev–Trinajstić information content (AvgIpc) is 3.05. The number of anilines is 2. The van der Waals surface area contributed by atoms with Gasteiger partial charge in [0.05, 0.1) is 29.7 Å². The van der Waals surface area contributed by atoms with Crippen LogP contribution < -0.4 is 15.0 Å². The first-order valence-electron chi connectivity index (χ1n) is 8.81. The fraction of sp³-hybridized carbons (Fsp3) is 0.300. The molecule has 1 aliphatic heterocycles. The summed E-state index contributed by atoms with van der Waals surface area (Å²) in [7, 11) is 1.38. The molecule has 2 amide bonds. The number of hydrogen-bond donors (Lipinski definition) is 1. The van der Waals surface area contributed by atoms with Gasteiger partial charge in [0.1, 0.15) is 5.75 Å². The number of methoxy groups -OCH3 is 1. The lowest BCUT2D eigenvalue weighted by Gasteiger charge is -2.19. The molecule has 28 heavy (non-hydrogen) atoms. The predicted octanol–water partition coefficient (Wildman–Crippen LogP) is 3.21. The first kappa shape index (κ1) is 19.3. The van der Waals surface area contributed by atoms with Gasteiger partial charge in [-0.1, -0.05) is 17.7 Å². The summed E-state index contributed by atoms with van der Waals surface area (Å²) in [5, 5.41) is 13.8. The number of carbonyl (C=O) groups excluding carboxylic acids is 2. The van der Waals surface area contributed by atoms with Crippen LogP contribution in [0.4, 0.5) is 17.1 Å². The second-order valence-electron chi connectivity index (χ2n) is 6.83. The van der Waals surface area contributed by atoms with Gasteiger partial charge in [-0.15, -0.1) is 0 Å². The second-order valence-corrected chi connectivity index (χ2v) is 6.83. The smallest absolute Gasteiger partial charge is 0.273 e. The molecular weight excluding hydrogens is 362 g/mol. The summed E-state index contributed by atoms with van der Waals surface area (Å²) in [6.07, 6.45) is 0.0664. The topological polar surface area (TPSA) is 102 Å². The van der Waals surface area contributed by atoms with E-state index in [1.165, 1.54) is 30.2 Å². The first-order chi connectivity index (χ1) is 13.3. The molecule has 2 aromatic rings. The molecule has 8 nitrogen and oxygen atoms in total. The molecule has 1 aliphatic rings. The van der Waals surface area contributed by atoms with Gasteiger partial charge in [-0.05, 0) is 31.5 Å². The Labute approximate surface area is 162 Å². The summed E-state index contributed by atoms with van der Waals surface area (Å²) >= 11 is 0. The van der Waals surface area contributed by atoms with Gasteiger partial charge >= 0.3 is 0 Å². The van der Waals surface area contributed by atoms with E-state index in [1.807, 2.05) is 32.0 Å². The third-order valence-corrected chi connectivity index (χ3v) is 4.80. The van der Waals surface area contributed by atoms with Crippen molar-refractivity contribution in [3.05, 3.63) is 57.6 Å². The highest BCUT2D eigenvalue weighted by Gasteiger charge is 2.36. The van der Waals surface area contributed by atoms with Crippen LogP contribution in [0.1, 0.15) is 17.5 Å². The van der Waals surface area contributed by atoms with Gasteiger partial charge in [0, 0.05) is 24.7 Å². The van der Waals surface area contributed by atoms with E-state index < -0.39 is 10.8 Å². The number of hydrogen-bond acceptors (Lipinski definition) is 5. The lowest BCUT2D eigenvalue weighted by molar-refractivity contribution is -0.384. The Bertz CT molecular complexity index is 957. The molecule has 2 aromatic carbocycles. The van der Waals surface area contributed by atoms with Crippen LogP contribution in [0.2, 0.25) is 0 Å². The quantitative estimate of drug-likeness (QED) is 0.631. The van der Waals surface area contributed by atoms with Crippen LogP contribution in [0.5, 0.6) is 5.75 Å². The van der Waals surface area contributed by atoms with Crippen molar-refractivity contribution in [1.82, 2.24) is 0 Å². The van der Waals surface area contributed by atoms with Crippen LogP contribution in [-0.2, 0) is 9.59 Å². The normalized spacial score (nSPS) is 16.2. The monoisotopic (exact) mass is 383 g/mol. The molecule has 0 unspecified atom stereocenters. The van der Waals surface area contributed by atoms with Gasteiger partial charge in [-0.25, -0.2) is 0 Å². The van der Waals surface area contributed by atoms with E-state index in [9.17, 15) is 19.7 Å². The molecule has 0 bridgehead atoms. The Morgan fingerprint density at radius 3 is 2.64 bits per heavy atom. The summed E-state index contributed by atoms with van der Waals surface area (Å²) in [5.74, 6) is -0.761. The highest BCUT2D eigenvalue weighted by molar-refractivity contribution is 6.04.